The van der Waals surface area contributed by atoms with Crippen LogP contribution in [0.5, 0.6) is 0 Å². The van der Waals surface area contributed by atoms with Gasteiger partial charge in [-0.3, -0.25) is 0 Å². The SMILES string of the molecule is CNC(Cc1ccccc1)c1ccc(F)c2ccccc12. The zero-order valence-electron chi connectivity index (χ0n) is 12.0. The van der Waals surface area contributed by atoms with Gasteiger partial charge in [-0.15, -0.1) is 0 Å². The van der Waals surface area contributed by atoms with E-state index >= 15 is 0 Å². The zero-order valence-corrected chi connectivity index (χ0v) is 12.0. The Morgan fingerprint density at radius 2 is 1.52 bits per heavy atom. The number of benzene rings is 3. The Bertz CT molecular complexity index is 737. The van der Waals surface area contributed by atoms with Crippen LogP contribution in [-0.2, 0) is 6.42 Å². The van der Waals surface area contributed by atoms with Gasteiger partial charge in [-0.1, -0.05) is 60.7 Å². The minimum absolute atomic E-state index is 0.163. The quantitative estimate of drug-likeness (QED) is 0.742. The molecule has 0 aliphatic rings. The van der Waals surface area contributed by atoms with Crippen molar-refractivity contribution in [3.05, 3.63) is 83.7 Å². The third-order valence-corrected chi connectivity index (χ3v) is 3.91. The maximum Gasteiger partial charge on any atom is 0.131 e. The summed E-state index contributed by atoms with van der Waals surface area (Å²) < 4.78 is 13.9. The van der Waals surface area contributed by atoms with Gasteiger partial charge in [-0.05, 0) is 36.0 Å². The molecular formula is C19H18FN. The summed E-state index contributed by atoms with van der Waals surface area (Å²) in [4.78, 5) is 0. The number of hydrogen-bond acceptors (Lipinski definition) is 1. The molecule has 3 rings (SSSR count). The molecule has 1 nitrogen and oxygen atoms in total. The number of likely N-dealkylation sites (N-methyl/N-ethyl adjacent to an activating group) is 1. The van der Waals surface area contributed by atoms with Gasteiger partial charge in [0.2, 0.25) is 0 Å². The largest absolute Gasteiger partial charge is 0.313 e. The summed E-state index contributed by atoms with van der Waals surface area (Å²) in [6, 6.07) is 21.6. The number of rotatable bonds is 4. The van der Waals surface area contributed by atoms with Gasteiger partial charge in [0, 0.05) is 11.4 Å². The smallest absolute Gasteiger partial charge is 0.131 e. The third kappa shape index (κ3) is 2.81. The maximum atomic E-state index is 13.9. The van der Waals surface area contributed by atoms with Gasteiger partial charge in [0.25, 0.3) is 0 Å². The molecule has 0 aromatic heterocycles. The van der Waals surface area contributed by atoms with E-state index in [1.54, 1.807) is 6.07 Å². The molecule has 3 aromatic carbocycles. The highest BCUT2D eigenvalue weighted by atomic mass is 19.1. The van der Waals surface area contributed by atoms with Crippen molar-refractivity contribution in [2.45, 2.75) is 12.5 Å². The van der Waals surface area contributed by atoms with Crippen LogP contribution in [0.2, 0.25) is 0 Å². The molecule has 21 heavy (non-hydrogen) atoms. The van der Waals surface area contributed by atoms with Gasteiger partial charge < -0.3 is 5.32 Å². The van der Waals surface area contributed by atoms with Crippen LogP contribution in [0.3, 0.4) is 0 Å². The van der Waals surface area contributed by atoms with Crippen LogP contribution >= 0.6 is 0 Å². The van der Waals surface area contributed by atoms with E-state index in [2.05, 4.69) is 17.4 Å². The molecule has 0 amide bonds. The second kappa shape index (κ2) is 6.06. The molecule has 106 valence electrons. The monoisotopic (exact) mass is 279 g/mol. The van der Waals surface area contributed by atoms with Gasteiger partial charge in [-0.25, -0.2) is 4.39 Å². The van der Waals surface area contributed by atoms with Crippen LogP contribution in [0.1, 0.15) is 17.2 Å². The first-order valence-electron chi connectivity index (χ1n) is 7.18. The lowest BCUT2D eigenvalue weighted by molar-refractivity contribution is 0.593. The van der Waals surface area contributed by atoms with Crippen LogP contribution in [0.15, 0.2) is 66.7 Å². The molecule has 0 bridgehead atoms. The Balaban J connectivity index is 2.03. The van der Waals surface area contributed by atoms with Gasteiger partial charge in [0.1, 0.15) is 5.82 Å². The van der Waals surface area contributed by atoms with Gasteiger partial charge in [0.05, 0.1) is 0 Å². The standard InChI is InChI=1S/C19H18FN/c1-21-19(13-14-7-3-2-4-8-14)17-11-12-18(20)16-10-6-5-9-15(16)17/h2-12,19,21H,13H2,1H3. The first-order chi connectivity index (χ1) is 10.3. The summed E-state index contributed by atoms with van der Waals surface area (Å²) in [5.74, 6) is -0.163. The van der Waals surface area contributed by atoms with Crippen LogP contribution < -0.4 is 5.32 Å². The van der Waals surface area contributed by atoms with E-state index in [9.17, 15) is 4.39 Å². The molecule has 1 N–H and O–H groups in total. The van der Waals surface area contributed by atoms with Crippen LogP contribution in [0.4, 0.5) is 4.39 Å². The Morgan fingerprint density at radius 1 is 0.857 bits per heavy atom. The summed E-state index contributed by atoms with van der Waals surface area (Å²) in [7, 11) is 1.95. The van der Waals surface area contributed by atoms with Crippen molar-refractivity contribution >= 4 is 10.8 Å². The molecule has 1 atom stereocenters. The predicted molar refractivity (Wildman–Crippen MR) is 85.9 cm³/mol. The van der Waals surface area contributed by atoms with Gasteiger partial charge in [0.15, 0.2) is 0 Å². The summed E-state index contributed by atoms with van der Waals surface area (Å²) in [5, 5.41) is 5.02. The molecule has 0 radical (unpaired) electrons. The first-order valence-corrected chi connectivity index (χ1v) is 7.18. The summed E-state index contributed by atoms with van der Waals surface area (Å²) >= 11 is 0. The van der Waals surface area contributed by atoms with Crippen molar-refractivity contribution in [1.29, 1.82) is 0 Å². The summed E-state index contributed by atoms with van der Waals surface area (Å²) in [6.45, 7) is 0. The van der Waals surface area contributed by atoms with Gasteiger partial charge in [-0.2, -0.15) is 0 Å². The van der Waals surface area contributed by atoms with Crippen molar-refractivity contribution in [3.63, 3.8) is 0 Å². The molecule has 0 fully saturated rings. The molecule has 0 spiro atoms. The minimum atomic E-state index is -0.163. The highest BCUT2D eigenvalue weighted by Gasteiger charge is 2.14. The minimum Gasteiger partial charge on any atom is -0.313 e. The molecule has 3 aromatic rings. The molecule has 0 aliphatic heterocycles. The van der Waals surface area contributed by atoms with Crippen LogP contribution in [0.25, 0.3) is 10.8 Å². The highest BCUT2D eigenvalue weighted by Crippen LogP contribution is 2.28. The Hall–Kier alpha value is -2.19. The lowest BCUT2D eigenvalue weighted by Crippen LogP contribution is -2.19. The molecular weight excluding hydrogens is 261 g/mol. The molecule has 0 saturated carbocycles. The van der Waals surface area contributed by atoms with Crippen molar-refractivity contribution in [2.24, 2.45) is 0 Å². The molecule has 0 heterocycles. The van der Waals surface area contributed by atoms with E-state index < -0.39 is 0 Å². The molecule has 0 aliphatic carbocycles. The second-order valence-corrected chi connectivity index (χ2v) is 5.21. The van der Waals surface area contributed by atoms with Gasteiger partial charge >= 0.3 is 0 Å². The number of nitrogens with one attached hydrogen (secondary N) is 1. The van der Waals surface area contributed by atoms with Crippen molar-refractivity contribution in [1.82, 2.24) is 5.32 Å². The number of hydrogen-bond donors (Lipinski definition) is 1. The normalized spacial score (nSPS) is 12.5. The van der Waals surface area contributed by atoms with Crippen LogP contribution in [-0.4, -0.2) is 7.05 Å². The third-order valence-electron chi connectivity index (χ3n) is 3.91. The highest BCUT2D eigenvalue weighted by molar-refractivity contribution is 5.86. The van der Waals surface area contributed by atoms with E-state index in [1.165, 1.54) is 5.56 Å². The van der Waals surface area contributed by atoms with E-state index in [1.807, 2.05) is 55.6 Å². The van der Waals surface area contributed by atoms with Crippen LogP contribution in [0, 0.1) is 5.82 Å². The Kier molecular flexibility index (Phi) is 3.98. The Labute approximate surface area is 124 Å². The Morgan fingerprint density at radius 3 is 2.24 bits per heavy atom. The molecule has 1 unspecified atom stereocenters. The molecule has 2 heteroatoms. The van der Waals surface area contributed by atoms with E-state index in [0.29, 0.717) is 5.39 Å². The predicted octanol–water partition coefficient (Wildman–Crippen LogP) is 4.48. The van der Waals surface area contributed by atoms with E-state index in [4.69, 9.17) is 0 Å². The summed E-state index contributed by atoms with van der Waals surface area (Å²) in [5.41, 5.74) is 2.41. The van der Waals surface area contributed by atoms with Crippen molar-refractivity contribution in [2.75, 3.05) is 7.05 Å². The number of fused-ring (bicyclic) bond motifs is 1. The first kappa shape index (κ1) is 13.8. The van der Waals surface area contributed by atoms with E-state index in [0.717, 1.165) is 17.4 Å². The number of halogens is 1. The summed E-state index contributed by atoms with van der Waals surface area (Å²) in [6.07, 6.45) is 0.882. The fraction of sp³-hybridized carbons (Fsp3) is 0.158. The van der Waals surface area contributed by atoms with E-state index in [-0.39, 0.29) is 11.9 Å². The zero-order chi connectivity index (χ0) is 14.7. The lowest BCUT2D eigenvalue weighted by atomic mass is 9.94. The fourth-order valence-electron chi connectivity index (χ4n) is 2.81. The van der Waals surface area contributed by atoms with Crippen molar-refractivity contribution < 1.29 is 4.39 Å². The average Bonchev–Trinajstić information content (AvgIpc) is 2.55. The lowest BCUT2D eigenvalue weighted by Gasteiger charge is -2.19. The second-order valence-electron chi connectivity index (χ2n) is 5.21. The van der Waals surface area contributed by atoms with Crippen molar-refractivity contribution in [3.8, 4) is 0 Å². The molecule has 0 saturated heterocycles. The topological polar surface area (TPSA) is 12.0 Å². The average molecular weight is 279 g/mol. The maximum absolute atomic E-state index is 13.9. The fourth-order valence-corrected chi connectivity index (χ4v) is 2.81.